The van der Waals surface area contributed by atoms with Crippen molar-refractivity contribution in [2.45, 2.75) is 18.4 Å². The van der Waals surface area contributed by atoms with Gasteiger partial charge in [-0.15, -0.1) is 11.6 Å². The maximum atomic E-state index is 9.25. The summed E-state index contributed by atoms with van der Waals surface area (Å²) in [5.41, 5.74) is 0.925. The molecule has 0 saturated carbocycles. The molecule has 2 unspecified atom stereocenters. The molecule has 0 saturated heterocycles. The minimum atomic E-state index is -0.537. The Balaban J connectivity index is 2.94. The lowest BCUT2D eigenvalue weighted by Gasteiger charge is -2.13. The van der Waals surface area contributed by atoms with E-state index in [9.17, 15) is 5.11 Å². The molecule has 1 nitrogen and oxygen atoms in total. The van der Waals surface area contributed by atoms with E-state index < -0.39 is 6.10 Å². The van der Waals surface area contributed by atoms with Crippen molar-refractivity contribution >= 4 is 27.5 Å². The molecule has 3 heteroatoms. The van der Waals surface area contributed by atoms with Crippen LogP contribution in [0.5, 0.6) is 0 Å². The molecule has 0 radical (unpaired) electrons. The number of aliphatic hydroxyl groups is 1. The molecule has 1 aromatic carbocycles. The zero-order chi connectivity index (χ0) is 9.14. The minimum absolute atomic E-state index is 0.347. The van der Waals surface area contributed by atoms with Crippen LogP contribution in [0.2, 0.25) is 0 Å². The summed E-state index contributed by atoms with van der Waals surface area (Å²) in [6.45, 7) is 1.68. The molecule has 1 N–H and O–H groups in total. The maximum absolute atomic E-state index is 9.25. The lowest BCUT2D eigenvalue weighted by Crippen LogP contribution is -2.08. The lowest BCUT2D eigenvalue weighted by molar-refractivity contribution is 0.189. The third kappa shape index (κ3) is 2.22. The number of rotatable bonds is 2. The molecule has 0 amide bonds. The Bertz CT molecular complexity index is 262. The average Bonchev–Trinajstić information content (AvgIpc) is 2.04. The fourth-order valence-corrected chi connectivity index (χ4v) is 1.81. The van der Waals surface area contributed by atoms with Crippen LogP contribution in [0, 0.1) is 0 Å². The number of aliphatic hydroxyl groups excluding tert-OH is 1. The monoisotopic (exact) mass is 248 g/mol. The quantitative estimate of drug-likeness (QED) is 0.799. The van der Waals surface area contributed by atoms with Crippen LogP contribution in [0.15, 0.2) is 28.7 Å². The standard InChI is InChI=1S/C9H10BrClO/c1-6(12)9(11)7-4-2-3-5-8(7)10/h2-6,9,12H,1H3. The fraction of sp³-hybridized carbons (Fsp3) is 0.333. The van der Waals surface area contributed by atoms with Crippen molar-refractivity contribution in [1.82, 2.24) is 0 Å². The van der Waals surface area contributed by atoms with Gasteiger partial charge in [0.05, 0.1) is 11.5 Å². The van der Waals surface area contributed by atoms with Crippen molar-refractivity contribution in [2.75, 3.05) is 0 Å². The summed E-state index contributed by atoms with van der Waals surface area (Å²) < 4.78 is 0.936. The summed E-state index contributed by atoms with van der Waals surface area (Å²) in [6, 6.07) is 7.62. The van der Waals surface area contributed by atoms with Gasteiger partial charge < -0.3 is 5.11 Å². The molecule has 0 fully saturated rings. The van der Waals surface area contributed by atoms with Crippen molar-refractivity contribution in [1.29, 1.82) is 0 Å². The van der Waals surface area contributed by atoms with Gasteiger partial charge in [0.1, 0.15) is 0 Å². The molecule has 0 aliphatic heterocycles. The molecule has 0 bridgehead atoms. The highest BCUT2D eigenvalue weighted by Gasteiger charge is 2.15. The fourth-order valence-electron chi connectivity index (χ4n) is 0.959. The van der Waals surface area contributed by atoms with Crippen LogP contribution in [0.3, 0.4) is 0 Å². The van der Waals surface area contributed by atoms with E-state index in [-0.39, 0.29) is 5.38 Å². The molecular formula is C9H10BrClO. The normalized spacial score (nSPS) is 15.7. The third-order valence-corrected chi connectivity index (χ3v) is 2.95. The van der Waals surface area contributed by atoms with Gasteiger partial charge in [-0.1, -0.05) is 34.1 Å². The van der Waals surface area contributed by atoms with E-state index in [0.29, 0.717) is 0 Å². The van der Waals surface area contributed by atoms with E-state index >= 15 is 0 Å². The second kappa shape index (κ2) is 4.26. The van der Waals surface area contributed by atoms with Gasteiger partial charge in [0, 0.05) is 4.47 Å². The van der Waals surface area contributed by atoms with E-state index in [1.165, 1.54) is 0 Å². The summed E-state index contributed by atoms with van der Waals surface area (Å²) >= 11 is 9.34. The molecule has 12 heavy (non-hydrogen) atoms. The molecule has 0 spiro atoms. The van der Waals surface area contributed by atoms with Crippen molar-refractivity contribution in [3.8, 4) is 0 Å². The highest BCUT2D eigenvalue weighted by molar-refractivity contribution is 9.10. The highest BCUT2D eigenvalue weighted by atomic mass is 79.9. The Morgan fingerprint density at radius 3 is 2.50 bits per heavy atom. The molecule has 0 aliphatic rings. The zero-order valence-corrected chi connectivity index (χ0v) is 9.01. The first kappa shape index (κ1) is 10.0. The third-order valence-electron chi connectivity index (χ3n) is 1.63. The summed E-state index contributed by atoms with van der Waals surface area (Å²) in [5.74, 6) is 0. The number of benzene rings is 1. The maximum Gasteiger partial charge on any atom is 0.0852 e. The molecule has 1 rings (SSSR count). The average molecular weight is 250 g/mol. The zero-order valence-electron chi connectivity index (χ0n) is 6.67. The highest BCUT2D eigenvalue weighted by Crippen LogP contribution is 2.30. The van der Waals surface area contributed by atoms with Gasteiger partial charge in [-0.05, 0) is 18.6 Å². The first-order valence-electron chi connectivity index (χ1n) is 3.69. The first-order valence-corrected chi connectivity index (χ1v) is 4.92. The SMILES string of the molecule is CC(O)C(Cl)c1ccccc1Br. The summed E-state index contributed by atoms with van der Waals surface area (Å²) in [4.78, 5) is 0. The molecule has 2 atom stereocenters. The van der Waals surface area contributed by atoms with Crippen LogP contribution in [0.1, 0.15) is 17.9 Å². The second-order valence-corrected chi connectivity index (χ2v) is 3.99. The second-order valence-electron chi connectivity index (χ2n) is 2.66. The molecule has 0 aromatic heterocycles. The number of halogens is 2. The van der Waals surface area contributed by atoms with Crippen molar-refractivity contribution in [3.63, 3.8) is 0 Å². The summed E-state index contributed by atoms with van der Waals surface area (Å²) in [7, 11) is 0. The molecule has 1 aromatic rings. The van der Waals surface area contributed by atoms with E-state index in [1.54, 1.807) is 6.92 Å². The van der Waals surface area contributed by atoms with Gasteiger partial charge in [-0.2, -0.15) is 0 Å². The number of alkyl halides is 1. The van der Waals surface area contributed by atoms with E-state index in [1.807, 2.05) is 24.3 Å². The smallest absolute Gasteiger partial charge is 0.0852 e. The topological polar surface area (TPSA) is 20.2 Å². The minimum Gasteiger partial charge on any atom is -0.392 e. The van der Waals surface area contributed by atoms with E-state index in [2.05, 4.69) is 15.9 Å². The summed E-state index contributed by atoms with van der Waals surface area (Å²) in [6.07, 6.45) is -0.537. The lowest BCUT2D eigenvalue weighted by atomic mass is 10.1. The summed E-state index contributed by atoms with van der Waals surface area (Å²) in [5, 5.41) is 8.90. The van der Waals surface area contributed by atoms with E-state index in [4.69, 9.17) is 11.6 Å². The van der Waals surface area contributed by atoms with Gasteiger partial charge in [0.15, 0.2) is 0 Å². The van der Waals surface area contributed by atoms with Crippen molar-refractivity contribution in [3.05, 3.63) is 34.3 Å². The molecular weight excluding hydrogens is 239 g/mol. The Morgan fingerprint density at radius 1 is 1.42 bits per heavy atom. The van der Waals surface area contributed by atoms with Crippen molar-refractivity contribution in [2.24, 2.45) is 0 Å². The van der Waals surface area contributed by atoms with Crippen LogP contribution < -0.4 is 0 Å². The number of hydrogen-bond acceptors (Lipinski definition) is 1. The van der Waals surface area contributed by atoms with E-state index in [0.717, 1.165) is 10.0 Å². The first-order chi connectivity index (χ1) is 5.63. The van der Waals surface area contributed by atoms with Crippen LogP contribution >= 0.6 is 27.5 Å². The van der Waals surface area contributed by atoms with Crippen LogP contribution in [-0.4, -0.2) is 11.2 Å². The van der Waals surface area contributed by atoms with Gasteiger partial charge in [0.2, 0.25) is 0 Å². The van der Waals surface area contributed by atoms with Gasteiger partial charge >= 0.3 is 0 Å². The van der Waals surface area contributed by atoms with Gasteiger partial charge in [-0.25, -0.2) is 0 Å². The van der Waals surface area contributed by atoms with Crippen LogP contribution in [-0.2, 0) is 0 Å². The molecule has 0 aliphatic carbocycles. The van der Waals surface area contributed by atoms with Crippen LogP contribution in [0.25, 0.3) is 0 Å². The largest absolute Gasteiger partial charge is 0.392 e. The van der Waals surface area contributed by atoms with Gasteiger partial charge in [0.25, 0.3) is 0 Å². The Hall–Kier alpha value is -0.0500. The predicted molar refractivity (Wildman–Crippen MR) is 54.4 cm³/mol. The van der Waals surface area contributed by atoms with Gasteiger partial charge in [-0.3, -0.25) is 0 Å². The molecule has 66 valence electrons. The Morgan fingerprint density at radius 2 is 2.00 bits per heavy atom. The Labute approximate surface area is 85.5 Å². The van der Waals surface area contributed by atoms with Crippen LogP contribution in [0.4, 0.5) is 0 Å². The number of hydrogen-bond donors (Lipinski definition) is 1. The molecule has 0 heterocycles. The predicted octanol–water partition coefficient (Wildman–Crippen LogP) is 3.11. The Kier molecular flexibility index (Phi) is 3.56. The van der Waals surface area contributed by atoms with Crippen molar-refractivity contribution < 1.29 is 5.11 Å².